The van der Waals surface area contributed by atoms with Gasteiger partial charge in [0.05, 0.1) is 0 Å². The maximum atomic E-state index is 12.2. The summed E-state index contributed by atoms with van der Waals surface area (Å²) in [5, 5.41) is 0. The lowest BCUT2D eigenvalue weighted by atomic mass is 10.0. The van der Waals surface area contributed by atoms with Gasteiger partial charge in [0.25, 0.3) is 6.43 Å². The van der Waals surface area contributed by atoms with Crippen molar-refractivity contribution in [3.05, 3.63) is 34.9 Å². The fourth-order valence-electron chi connectivity index (χ4n) is 1.22. The lowest BCUT2D eigenvalue weighted by Crippen LogP contribution is -1.97. The van der Waals surface area contributed by atoms with Crippen LogP contribution in [0.2, 0.25) is 0 Å². The number of rotatable bonds is 2. The molecule has 3 heteroatoms. The molecule has 0 fully saturated rings. The topological polar surface area (TPSA) is 17.1 Å². The summed E-state index contributed by atoms with van der Waals surface area (Å²) < 4.78 is 24.4. The molecule has 0 aliphatic rings. The zero-order chi connectivity index (χ0) is 10.0. The molecule has 0 atom stereocenters. The van der Waals surface area contributed by atoms with Crippen molar-refractivity contribution < 1.29 is 13.6 Å². The monoisotopic (exact) mass is 184 g/mol. The highest BCUT2D eigenvalue weighted by molar-refractivity contribution is 5.95. The maximum absolute atomic E-state index is 12.2. The van der Waals surface area contributed by atoms with E-state index in [2.05, 4.69) is 0 Å². The van der Waals surface area contributed by atoms with Gasteiger partial charge in [0.15, 0.2) is 5.78 Å². The lowest BCUT2D eigenvalue weighted by molar-refractivity contribution is 0.101. The van der Waals surface area contributed by atoms with Crippen molar-refractivity contribution in [2.75, 3.05) is 0 Å². The molecule has 0 aromatic heterocycles. The van der Waals surface area contributed by atoms with Crippen LogP contribution < -0.4 is 0 Å². The molecular formula is C10H10F2O. The molecule has 1 aromatic rings. The van der Waals surface area contributed by atoms with Gasteiger partial charge in [-0.1, -0.05) is 12.1 Å². The van der Waals surface area contributed by atoms with Crippen molar-refractivity contribution >= 4 is 5.78 Å². The number of carbonyl (C=O) groups is 1. The quantitative estimate of drug-likeness (QED) is 0.645. The van der Waals surface area contributed by atoms with Crippen LogP contribution in [0.15, 0.2) is 18.2 Å². The Balaban J connectivity index is 3.13. The third-order valence-electron chi connectivity index (χ3n) is 1.88. The number of benzene rings is 1. The Hall–Kier alpha value is -1.25. The molecule has 0 spiro atoms. The molecule has 70 valence electrons. The standard InChI is InChI=1S/C10H10F2O/c1-6-5-8(10(11)12)3-4-9(6)7(2)13/h3-5,10H,1-2H3. The molecule has 0 aliphatic heterocycles. The Kier molecular flexibility index (Phi) is 2.76. The van der Waals surface area contributed by atoms with Gasteiger partial charge in [0.2, 0.25) is 0 Å². The molecule has 0 aliphatic carbocycles. The number of hydrogen-bond acceptors (Lipinski definition) is 1. The average molecular weight is 184 g/mol. The first kappa shape index (κ1) is 9.84. The van der Waals surface area contributed by atoms with Crippen LogP contribution >= 0.6 is 0 Å². The molecule has 1 nitrogen and oxygen atoms in total. The number of hydrogen-bond donors (Lipinski definition) is 0. The average Bonchev–Trinajstić information content (AvgIpc) is 2.03. The highest BCUT2D eigenvalue weighted by Gasteiger charge is 2.10. The molecule has 13 heavy (non-hydrogen) atoms. The predicted octanol–water partition coefficient (Wildman–Crippen LogP) is 3.14. The van der Waals surface area contributed by atoms with Crippen LogP contribution in [-0.4, -0.2) is 5.78 Å². The van der Waals surface area contributed by atoms with Crippen LogP contribution in [0.25, 0.3) is 0 Å². The SMILES string of the molecule is CC(=O)c1ccc(C(F)F)cc1C. The van der Waals surface area contributed by atoms with Crippen molar-refractivity contribution in [3.8, 4) is 0 Å². The lowest BCUT2D eigenvalue weighted by Gasteiger charge is -2.04. The Morgan fingerprint density at radius 3 is 2.38 bits per heavy atom. The summed E-state index contributed by atoms with van der Waals surface area (Å²) in [6.07, 6.45) is -2.47. The fourth-order valence-corrected chi connectivity index (χ4v) is 1.22. The zero-order valence-corrected chi connectivity index (χ0v) is 7.47. The predicted molar refractivity (Wildman–Crippen MR) is 46.1 cm³/mol. The van der Waals surface area contributed by atoms with Crippen LogP contribution in [0.5, 0.6) is 0 Å². The third-order valence-corrected chi connectivity index (χ3v) is 1.88. The van der Waals surface area contributed by atoms with Gasteiger partial charge in [-0.3, -0.25) is 4.79 Å². The highest BCUT2D eigenvalue weighted by Crippen LogP contribution is 2.21. The fraction of sp³-hybridized carbons (Fsp3) is 0.300. The first-order valence-electron chi connectivity index (χ1n) is 3.92. The van der Waals surface area contributed by atoms with Crippen LogP contribution in [-0.2, 0) is 0 Å². The van der Waals surface area contributed by atoms with Gasteiger partial charge in [0.1, 0.15) is 0 Å². The molecule has 1 aromatic carbocycles. The Morgan fingerprint density at radius 1 is 1.38 bits per heavy atom. The summed E-state index contributed by atoms with van der Waals surface area (Å²) in [4.78, 5) is 11.0. The van der Waals surface area contributed by atoms with Crippen LogP contribution in [0.1, 0.15) is 34.8 Å². The van der Waals surface area contributed by atoms with Crippen molar-refractivity contribution in [1.82, 2.24) is 0 Å². The van der Waals surface area contributed by atoms with Crippen LogP contribution in [0.3, 0.4) is 0 Å². The van der Waals surface area contributed by atoms with Gasteiger partial charge < -0.3 is 0 Å². The number of carbonyl (C=O) groups excluding carboxylic acids is 1. The Bertz CT molecular complexity index is 332. The zero-order valence-electron chi connectivity index (χ0n) is 7.47. The second-order valence-corrected chi connectivity index (χ2v) is 2.93. The van der Waals surface area contributed by atoms with Gasteiger partial charge in [-0.25, -0.2) is 8.78 Å². The van der Waals surface area contributed by atoms with E-state index in [1.54, 1.807) is 6.92 Å². The van der Waals surface area contributed by atoms with Crippen LogP contribution in [0.4, 0.5) is 8.78 Å². The third kappa shape index (κ3) is 2.11. The van der Waals surface area contributed by atoms with E-state index in [1.165, 1.54) is 25.1 Å². The van der Waals surface area contributed by atoms with Gasteiger partial charge in [-0.05, 0) is 25.5 Å². The number of Topliss-reactive ketones (excluding diaryl/α,β-unsaturated/α-hetero) is 1. The Labute approximate surface area is 75.4 Å². The molecule has 0 amide bonds. The minimum absolute atomic E-state index is 0.0394. The molecule has 0 heterocycles. The van der Waals surface area contributed by atoms with Crippen molar-refractivity contribution in [2.24, 2.45) is 0 Å². The Morgan fingerprint density at radius 2 is 2.00 bits per heavy atom. The summed E-state index contributed by atoms with van der Waals surface area (Å²) in [5.41, 5.74) is 1.07. The summed E-state index contributed by atoms with van der Waals surface area (Å²) in [6.45, 7) is 3.08. The largest absolute Gasteiger partial charge is 0.295 e. The van der Waals surface area contributed by atoms with Crippen molar-refractivity contribution in [1.29, 1.82) is 0 Å². The number of aryl methyl sites for hydroxylation is 1. The van der Waals surface area contributed by atoms with Crippen molar-refractivity contribution in [3.63, 3.8) is 0 Å². The smallest absolute Gasteiger partial charge is 0.263 e. The minimum atomic E-state index is -2.47. The molecule has 0 bridgehead atoms. The summed E-state index contributed by atoms with van der Waals surface area (Å²) in [7, 11) is 0. The van der Waals surface area contributed by atoms with Crippen molar-refractivity contribution in [2.45, 2.75) is 20.3 Å². The van der Waals surface area contributed by atoms with Gasteiger partial charge in [0, 0.05) is 11.1 Å². The molecule has 0 saturated carbocycles. The van der Waals surface area contributed by atoms with Gasteiger partial charge in [-0.15, -0.1) is 0 Å². The van der Waals surface area contributed by atoms with E-state index >= 15 is 0 Å². The first-order chi connectivity index (χ1) is 6.02. The molecule has 0 saturated heterocycles. The van der Waals surface area contributed by atoms with Gasteiger partial charge in [-0.2, -0.15) is 0 Å². The minimum Gasteiger partial charge on any atom is -0.295 e. The summed E-state index contributed by atoms with van der Waals surface area (Å²) in [5.74, 6) is -0.0988. The molecule has 0 N–H and O–H groups in total. The van der Waals surface area contributed by atoms with E-state index in [0.717, 1.165) is 0 Å². The second-order valence-electron chi connectivity index (χ2n) is 2.93. The number of alkyl halides is 2. The first-order valence-corrected chi connectivity index (χ1v) is 3.92. The number of halogens is 2. The van der Waals surface area contributed by atoms with E-state index in [9.17, 15) is 13.6 Å². The van der Waals surface area contributed by atoms with E-state index < -0.39 is 6.43 Å². The second kappa shape index (κ2) is 3.64. The highest BCUT2D eigenvalue weighted by atomic mass is 19.3. The normalized spacial score (nSPS) is 10.5. The van der Waals surface area contributed by atoms with Crippen LogP contribution in [0, 0.1) is 6.92 Å². The molecule has 0 radical (unpaired) electrons. The molecule has 1 rings (SSSR count). The summed E-state index contributed by atoms with van der Waals surface area (Å²) in [6, 6.07) is 4.08. The molecular weight excluding hydrogens is 174 g/mol. The van der Waals surface area contributed by atoms with E-state index in [4.69, 9.17) is 0 Å². The molecule has 0 unspecified atom stereocenters. The van der Waals surface area contributed by atoms with E-state index in [-0.39, 0.29) is 11.3 Å². The van der Waals surface area contributed by atoms with Gasteiger partial charge >= 0.3 is 0 Å². The van der Waals surface area contributed by atoms with E-state index in [1.807, 2.05) is 0 Å². The summed E-state index contributed by atoms with van der Waals surface area (Å²) >= 11 is 0. The number of ketones is 1. The van der Waals surface area contributed by atoms with E-state index in [0.29, 0.717) is 11.1 Å². The maximum Gasteiger partial charge on any atom is 0.263 e.